The summed E-state index contributed by atoms with van der Waals surface area (Å²) in [5.74, 6) is 1.83. The molecular weight excluding hydrogens is 304 g/mol. The molecule has 1 aliphatic heterocycles. The Morgan fingerprint density at radius 3 is 2.38 bits per heavy atom. The molecule has 3 rings (SSSR count). The van der Waals surface area contributed by atoms with Gasteiger partial charge in [0.05, 0.1) is 0 Å². The molecule has 1 saturated heterocycles. The van der Waals surface area contributed by atoms with Gasteiger partial charge in [-0.2, -0.15) is 4.98 Å². The largest absolute Gasteiger partial charge is 0.336 e. The fraction of sp³-hybridized carbons (Fsp3) is 0.500. The van der Waals surface area contributed by atoms with Crippen molar-refractivity contribution in [3.05, 3.63) is 35.7 Å². The van der Waals surface area contributed by atoms with Gasteiger partial charge >= 0.3 is 0 Å². The van der Waals surface area contributed by atoms with Crippen molar-refractivity contribution >= 4 is 5.91 Å². The Bertz CT molecular complexity index is 685. The second kappa shape index (κ2) is 7.13. The summed E-state index contributed by atoms with van der Waals surface area (Å²) >= 11 is 0. The average molecular weight is 328 g/mol. The van der Waals surface area contributed by atoms with E-state index >= 15 is 0 Å². The van der Waals surface area contributed by atoms with Crippen LogP contribution in [0.25, 0.3) is 11.5 Å². The zero-order valence-electron chi connectivity index (χ0n) is 14.5. The van der Waals surface area contributed by atoms with E-state index in [9.17, 15) is 4.79 Å². The van der Waals surface area contributed by atoms with Gasteiger partial charge in [0.15, 0.2) is 5.82 Å². The van der Waals surface area contributed by atoms with E-state index in [0.717, 1.165) is 38.3 Å². The SMILES string of the molecule is Cc1noc(-c2ccc(C(=O)N3CCN(CC(C)C)CC3)cc2)n1. The molecule has 1 aliphatic rings. The van der Waals surface area contributed by atoms with Gasteiger partial charge < -0.3 is 9.42 Å². The van der Waals surface area contributed by atoms with E-state index in [1.54, 1.807) is 6.92 Å². The van der Waals surface area contributed by atoms with E-state index in [0.29, 0.717) is 23.2 Å². The van der Waals surface area contributed by atoms with Gasteiger partial charge in [-0.3, -0.25) is 9.69 Å². The number of hydrogen-bond donors (Lipinski definition) is 0. The fourth-order valence-electron chi connectivity index (χ4n) is 3.00. The van der Waals surface area contributed by atoms with Crippen molar-refractivity contribution in [2.75, 3.05) is 32.7 Å². The van der Waals surface area contributed by atoms with Gasteiger partial charge in [0.25, 0.3) is 11.8 Å². The first-order chi connectivity index (χ1) is 11.5. The minimum absolute atomic E-state index is 0.0902. The van der Waals surface area contributed by atoms with Crippen LogP contribution in [0.4, 0.5) is 0 Å². The van der Waals surface area contributed by atoms with Gasteiger partial charge in [0.2, 0.25) is 0 Å². The Balaban J connectivity index is 1.61. The predicted molar refractivity (Wildman–Crippen MR) is 91.7 cm³/mol. The van der Waals surface area contributed by atoms with Crippen molar-refractivity contribution in [3.63, 3.8) is 0 Å². The molecule has 0 spiro atoms. The van der Waals surface area contributed by atoms with Gasteiger partial charge in [-0.05, 0) is 37.1 Å². The summed E-state index contributed by atoms with van der Waals surface area (Å²) < 4.78 is 5.15. The Morgan fingerprint density at radius 2 is 1.83 bits per heavy atom. The van der Waals surface area contributed by atoms with Crippen LogP contribution >= 0.6 is 0 Å². The second-order valence-corrected chi connectivity index (χ2v) is 6.71. The Kier molecular flexibility index (Phi) is 4.94. The molecule has 0 unspecified atom stereocenters. The van der Waals surface area contributed by atoms with Crippen molar-refractivity contribution in [1.29, 1.82) is 0 Å². The van der Waals surface area contributed by atoms with E-state index in [-0.39, 0.29) is 5.91 Å². The number of carbonyl (C=O) groups is 1. The van der Waals surface area contributed by atoms with Crippen LogP contribution in [0.5, 0.6) is 0 Å². The second-order valence-electron chi connectivity index (χ2n) is 6.71. The molecule has 6 heteroatoms. The molecule has 0 radical (unpaired) electrons. The Hall–Kier alpha value is -2.21. The molecule has 128 valence electrons. The lowest BCUT2D eigenvalue weighted by Gasteiger charge is -2.35. The summed E-state index contributed by atoms with van der Waals surface area (Å²) in [6.45, 7) is 10.8. The molecule has 2 aromatic rings. The standard InChI is InChI=1S/C18H24N4O2/c1-13(2)12-21-8-10-22(11-9-21)18(23)16-6-4-15(5-7-16)17-19-14(3)20-24-17/h4-7,13H,8-12H2,1-3H3. The van der Waals surface area contributed by atoms with Crippen LogP contribution in [0.15, 0.2) is 28.8 Å². The summed E-state index contributed by atoms with van der Waals surface area (Å²) in [5, 5.41) is 3.79. The van der Waals surface area contributed by atoms with Crippen LogP contribution in [-0.2, 0) is 0 Å². The maximum atomic E-state index is 12.6. The highest BCUT2D eigenvalue weighted by atomic mass is 16.5. The lowest BCUT2D eigenvalue weighted by molar-refractivity contribution is 0.0624. The molecule has 0 aliphatic carbocycles. The number of piperazine rings is 1. The van der Waals surface area contributed by atoms with Crippen LogP contribution in [-0.4, -0.2) is 58.6 Å². The van der Waals surface area contributed by atoms with E-state index in [1.165, 1.54) is 0 Å². The summed E-state index contributed by atoms with van der Waals surface area (Å²) in [5.41, 5.74) is 1.53. The highest BCUT2D eigenvalue weighted by Crippen LogP contribution is 2.19. The summed E-state index contributed by atoms with van der Waals surface area (Å²) in [6, 6.07) is 7.37. The van der Waals surface area contributed by atoms with Crippen LogP contribution in [0.2, 0.25) is 0 Å². The van der Waals surface area contributed by atoms with Gasteiger partial charge in [0.1, 0.15) is 0 Å². The Labute approximate surface area is 142 Å². The first-order valence-electron chi connectivity index (χ1n) is 8.45. The summed E-state index contributed by atoms with van der Waals surface area (Å²) in [4.78, 5) is 21.2. The molecule has 0 N–H and O–H groups in total. The maximum absolute atomic E-state index is 12.6. The van der Waals surface area contributed by atoms with Crippen molar-refractivity contribution in [2.45, 2.75) is 20.8 Å². The normalized spacial score (nSPS) is 15.9. The fourth-order valence-corrected chi connectivity index (χ4v) is 3.00. The van der Waals surface area contributed by atoms with Crippen LogP contribution < -0.4 is 0 Å². The first kappa shape index (κ1) is 16.6. The van der Waals surface area contributed by atoms with Crippen LogP contribution in [0.3, 0.4) is 0 Å². The molecule has 2 heterocycles. The Morgan fingerprint density at radius 1 is 1.17 bits per heavy atom. The average Bonchev–Trinajstić information content (AvgIpc) is 3.01. The molecule has 6 nitrogen and oxygen atoms in total. The molecule has 0 saturated carbocycles. The predicted octanol–water partition coefficient (Wildman–Crippen LogP) is 2.46. The topological polar surface area (TPSA) is 62.5 Å². The zero-order valence-corrected chi connectivity index (χ0v) is 14.5. The highest BCUT2D eigenvalue weighted by molar-refractivity contribution is 5.94. The van der Waals surface area contributed by atoms with Crippen molar-refractivity contribution < 1.29 is 9.32 Å². The van der Waals surface area contributed by atoms with E-state index in [2.05, 4.69) is 28.9 Å². The minimum atomic E-state index is 0.0902. The summed E-state index contributed by atoms with van der Waals surface area (Å²) in [6.07, 6.45) is 0. The van der Waals surface area contributed by atoms with Gasteiger partial charge in [0, 0.05) is 43.9 Å². The van der Waals surface area contributed by atoms with Crippen LogP contribution in [0.1, 0.15) is 30.0 Å². The number of hydrogen-bond acceptors (Lipinski definition) is 5. The number of aryl methyl sites for hydroxylation is 1. The number of benzene rings is 1. The molecule has 0 bridgehead atoms. The number of amides is 1. The van der Waals surface area contributed by atoms with E-state index < -0.39 is 0 Å². The smallest absolute Gasteiger partial charge is 0.257 e. The van der Waals surface area contributed by atoms with Gasteiger partial charge in [-0.25, -0.2) is 0 Å². The first-order valence-corrected chi connectivity index (χ1v) is 8.45. The number of rotatable bonds is 4. The van der Waals surface area contributed by atoms with E-state index in [4.69, 9.17) is 4.52 Å². The quantitative estimate of drug-likeness (QED) is 0.863. The molecule has 1 aromatic heterocycles. The van der Waals surface area contributed by atoms with E-state index in [1.807, 2.05) is 29.2 Å². The highest BCUT2D eigenvalue weighted by Gasteiger charge is 2.22. The van der Waals surface area contributed by atoms with Crippen LogP contribution in [0, 0.1) is 12.8 Å². The third-order valence-electron chi connectivity index (χ3n) is 4.19. The van der Waals surface area contributed by atoms with Crippen molar-refractivity contribution in [1.82, 2.24) is 19.9 Å². The zero-order chi connectivity index (χ0) is 17.1. The van der Waals surface area contributed by atoms with Gasteiger partial charge in [-0.1, -0.05) is 19.0 Å². The van der Waals surface area contributed by atoms with Gasteiger partial charge in [-0.15, -0.1) is 0 Å². The number of aromatic nitrogens is 2. The molecule has 24 heavy (non-hydrogen) atoms. The number of carbonyl (C=O) groups excluding carboxylic acids is 1. The molecule has 0 atom stereocenters. The molecule has 1 aromatic carbocycles. The summed E-state index contributed by atoms with van der Waals surface area (Å²) in [7, 11) is 0. The molecule has 1 fully saturated rings. The van der Waals surface area contributed by atoms with Crippen molar-refractivity contribution in [2.24, 2.45) is 5.92 Å². The lowest BCUT2D eigenvalue weighted by atomic mass is 10.1. The third-order valence-corrected chi connectivity index (χ3v) is 4.19. The molecular formula is C18H24N4O2. The van der Waals surface area contributed by atoms with Crippen molar-refractivity contribution in [3.8, 4) is 11.5 Å². The lowest BCUT2D eigenvalue weighted by Crippen LogP contribution is -2.49. The number of nitrogens with zero attached hydrogens (tertiary/aromatic N) is 4. The third kappa shape index (κ3) is 3.82. The molecule has 1 amide bonds. The monoisotopic (exact) mass is 328 g/mol. The minimum Gasteiger partial charge on any atom is -0.336 e. The maximum Gasteiger partial charge on any atom is 0.257 e.